The molecule has 3 amide bonds. The van der Waals surface area contributed by atoms with Gasteiger partial charge in [-0.3, -0.25) is 9.59 Å². The molecule has 0 saturated heterocycles. The SMILES string of the molecule is CC(C)[C@H](NC(=O)CCCCCNC(=O)OCc1ccccc1)C(=O)N[C@@H](CO)C(=O)O. The van der Waals surface area contributed by atoms with Gasteiger partial charge in [0.05, 0.1) is 6.61 Å². The van der Waals surface area contributed by atoms with E-state index in [1.54, 1.807) is 13.8 Å². The highest BCUT2D eigenvalue weighted by molar-refractivity contribution is 5.90. The van der Waals surface area contributed by atoms with E-state index < -0.39 is 36.7 Å². The lowest BCUT2D eigenvalue weighted by molar-refractivity contribution is -0.143. The van der Waals surface area contributed by atoms with Crippen LogP contribution in [0.4, 0.5) is 4.79 Å². The molecule has 0 bridgehead atoms. The average molecular weight is 452 g/mol. The Labute approximate surface area is 187 Å². The van der Waals surface area contributed by atoms with Crippen LogP contribution >= 0.6 is 0 Å². The molecule has 10 heteroatoms. The molecule has 0 aromatic heterocycles. The molecule has 178 valence electrons. The van der Waals surface area contributed by atoms with Crippen LogP contribution in [0.2, 0.25) is 0 Å². The van der Waals surface area contributed by atoms with E-state index in [0.717, 1.165) is 5.56 Å². The summed E-state index contributed by atoms with van der Waals surface area (Å²) in [5.74, 6) is -2.61. The first kappa shape index (κ1) is 26.9. The van der Waals surface area contributed by atoms with Crippen LogP contribution < -0.4 is 16.0 Å². The second-order valence-electron chi connectivity index (χ2n) is 7.67. The quantitative estimate of drug-likeness (QED) is 0.266. The van der Waals surface area contributed by atoms with Crippen LogP contribution in [0.1, 0.15) is 45.1 Å². The van der Waals surface area contributed by atoms with Gasteiger partial charge in [0.25, 0.3) is 0 Å². The van der Waals surface area contributed by atoms with Crippen LogP contribution in [0.3, 0.4) is 0 Å². The number of amides is 3. The number of aliphatic carboxylic acids is 1. The fourth-order valence-electron chi connectivity index (χ4n) is 2.78. The molecule has 1 aromatic rings. The van der Waals surface area contributed by atoms with Crippen molar-refractivity contribution in [3.05, 3.63) is 35.9 Å². The highest BCUT2D eigenvalue weighted by Crippen LogP contribution is 2.06. The number of ether oxygens (including phenoxy) is 1. The van der Waals surface area contributed by atoms with Crippen molar-refractivity contribution in [1.29, 1.82) is 0 Å². The van der Waals surface area contributed by atoms with E-state index in [1.807, 2.05) is 30.3 Å². The number of nitrogens with one attached hydrogen (secondary N) is 3. The maximum atomic E-state index is 12.3. The van der Waals surface area contributed by atoms with Crippen molar-refractivity contribution in [2.75, 3.05) is 13.2 Å². The monoisotopic (exact) mass is 451 g/mol. The molecule has 32 heavy (non-hydrogen) atoms. The van der Waals surface area contributed by atoms with Gasteiger partial charge >= 0.3 is 12.1 Å². The third-order valence-corrected chi connectivity index (χ3v) is 4.63. The standard InChI is InChI=1S/C22H33N3O7/c1-15(2)19(20(28)24-17(13-26)21(29)30)25-18(27)11-7-4-8-12-23-22(31)32-14-16-9-5-3-6-10-16/h3,5-6,9-10,15,17,19,26H,4,7-8,11-14H2,1-2H3,(H,23,31)(H,24,28)(H,25,27)(H,29,30)/t17-,19-/m0/s1. The Morgan fingerprint density at radius 2 is 1.69 bits per heavy atom. The van der Waals surface area contributed by atoms with Gasteiger partial charge in [0, 0.05) is 13.0 Å². The highest BCUT2D eigenvalue weighted by atomic mass is 16.5. The van der Waals surface area contributed by atoms with Crippen molar-refractivity contribution >= 4 is 23.9 Å². The van der Waals surface area contributed by atoms with Crippen molar-refractivity contribution in [3.8, 4) is 0 Å². The summed E-state index contributed by atoms with van der Waals surface area (Å²) in [7, 11) is 0. The van der Waals surface area contributed by atoms with Crippen LogP contribution in [-0.2, 0) is 25.7 Å². The van der Waals surface area contributed by atoms with E-state index in [4.69, 9.17) is 14.9 Å². The number of carboxylic acid groups (broad SMARTS) is 1. The van der Waals surface area contributed by atoms with Crippen LogP contribution in [0.15, 0.2) is 30.3 Å². The first-order chi connectivity index (χ1) is 15.2. The predicted molar refractivity (Wildman–Crippen MR) is 117 cm³/mol. The molecule has 0 spiro atoms. The molecule has 5 N–H and O–H groups in total. The third-order valence-electron chi connectivity index (χ3n) is 4.63. The number of hydrogen-bond acceptors (Lipinski definition) is 6. The number of aliphatic hydroxyl groups excluding tert-OH is 1. The second-order valence-corrected chi connectivity index (χ2v) is 7.67. The summed E-state index contributed by atoms with van der Waals surface area (Å²) < 4.78 is 5.11. The molecule has 0 unspecified atom stereocenters. The van der Waals surface area contributed by atoms with Crippen molar-refractivity contribution in [3.63, 3.8) is 0 Å². The molecule has 1 aromatic carbocycles. The Morgan fingerprint density at radius 3 is 2.28 bits per heavy atom. The zero-order chi connectivity index (χ0) is 23.9. The fraction of sp³-hybridized carbons (Fsp3) is 0.545. The van der Waals surface area contributed by atoms with E-state index in [2.05, 4.69) is 16.0 Å². The van der Waals surface area contributed by atoms with Crippen molar-refractivity contribution in [2.45, 2.75) is 58.2 Å². The molecule has 0 aliphatic rings. The Bertz CT molecular complexity index is 740. The van der Waals surface area contributed by atoms with Gasteiger partial charge in [0.1, 0.15) is 18.7 Å². The molecular weight excluding hydrogens is 418 g/mol. The van der Waals surface area contributed by atoms with Crippen LogP contribution in [-0.4, -0.2) is 59.3 Å². The Hall–Kier alpha value is -3.14. The molecular formula is C22H33N3O7. The smallest absolute Gasteiger partial charge is 0.407 e. The molecule has 0 radical (unpaired) electrons. The Morgan fingerprint density at radius 1 is 1.00 bits per heavy atom. The maximum absolute atomic E-state index is 12.3. The first-order valence-electron chi connectivity index (χ1n) is 10.6. The van der Waals surface area contributed by atoms with Crippen molar-refractivity contribution in [1.82, 2.24) is 16.0 Å². The molecule has 0 aliphatic heterocycles. The minimum atomic E-state index is -1.42. The number of unbranched alkanes of at least 4 members (excludes halogenated alkanes) is 2. The zero-order valence-corrected chi connectivity index (χ0v) is 18.5. The number of rotatable bonds is 14. The Kier molecular flexibility index (Phi) is 12.4. The summed E-state index contributed by atoms with van der Waals surface area (Å²) in [5, 5.41) is 25.4. The van der Waals surface area contributed by atoms with Gasteiger partial charge in [0.2, 0.25) is 11.8 Å². The van der Waals surface area contributed by atoms with Gasteiger partial charge in [-0.2, -0.15) is 0 Å². The summed E-state index contributed by atoms with van der Waals surface area (Å²) in [6.07, 6.45) is 1.61. The number of alkyl carbamates (subject to hydrolysis) is 1. The largest absolute Gasteiger partial charge is 0.480 e. The summed E-state index contributed by atoms with van der Waals surface area (Å²) in [5.41, 5.74) is 0.900. The van der Waals surface area contributed by atoms with E-state index in [1.165, 1.54) is 0 Å². The molecule has 0 saturated carbocycles. The zero-order valence-electron chi connectivity index (χ0n) is 18.5. The lowest BCUT2D eigenvalue weighted by Crippen LogP contribution is -2.54. The van der Waals surface area contributed by atoms with Gasteiger partial charge in [-0.1, -0.05) is 50.6 Å². The minimum Gasteiger partial charge on any atom is -0.480 e. The maximum Gasteiger partial charge on any atom is 0.407 e. The molecule has 2 atom stereocenters. The minimum absolute atomic E-state index is 0.192. The van der Waals surface area contributed by atoms with Gasteiger partial charge in [0.15, 0.2) is 0 Å². The first-order valence-corrected chi connectivity index (χ1v) is 10.6. The van der Waals surface area contributed by atoms with Crippen molar-refractivity contribution < 1.29 is 34.1 Å². The highest BCUT2D eigenvalue weighted by Gasteiger charge is 2.28. The molecule has 0 aliphatic carbocycles. The van der Waals surface area contributed by atoms with Crippen LogP contribution in [0.25, 0.3) is 0 Å². The number of carboxylic acids is 1. The number of hydrogen-bond donors (Lipinski definition) is 5. The molecule has 10 nitrogen and oxygen atoms in total. The number of carbonyl (C=O) groups is 4. The van der Waals surface area contributed by atoms with Gasteiger partial charge < -0.3 is 30.9 Å². The van der Waals surface area contributed by atoms with Crippen molar-refractivity contribution in [2.24, 2.45) is 5.92 Å². The lowest BCUT2D eigenvalue weighted by Gasteiger charge is -2.23. The fourth-order valence-corrected chi connectivity index (χ4v) is 2.78. The summed E-state index contributed by atoms with van der Waals surface area (Å²) in [6, 6.07) is 7.01. The van der Waals surface area contributed by atoms with E-state index in [-0.39, 0.29) is 24.9 Å². The van der Waals surface area contributed by atoms with E-state index in [9.17, 15) is 19.2 Å². The van der Waals surface area contributed by atoms with E-state index >= 15 is 0 Å². The van der Waals surface area contributed by atoms with Crippen LogP contribution in [0.5, 0.6) is 0 Å². The summed E-state index contributed by atoms with van der Waals surface area (Å²) >= 11 is 0. The van der Waals surface area contributed by atoms with Gasteiger partial charge in [-0.25, -0.2) is 9.59 Å². The molecule has 1 rings (SSSR count). The molecule has 0 heterocycles. The molecule has 0 fully saturated rings. The summed E-state index contributed by atoms with van der Waals surface area (Å²) in [6.45, 7) is 3.32. The topological polar surface area (TPSA) is 154 Å². The number of aliphatic hydroxyl groups is 1. The van der Waals surface area contributed by atoms with Gasteiger partial charge in [-0.15, -0.1) is 0 Å². The average Bonchev–Trinajstić information content (AvgIpc) is 2.76. The van der Waals surface area contributed by atoms with Gasteiger partial charge in [-0.05, 0) is 24.3 Å². The Balaban J connectivity index is 2.23. The predicted octanol–water partition coefficient (Wildman–Crippen LogP) is 1.18. The lowest BCUT2D eigenvalue weighted by atomic mass is 10.0. The number of carbonyl (C=O) groups excluding carboxylic acids is 3. The second kappa shape index (κ2) is 14.8. The van der Waals surface area contributed by atoms with E-state index in [0.29, 0.717) is 25.8 Å². The number of benzene rings is 1. The van der Waals surface area contributed by atoms with Crippen LogP contribution in [0, 0.1) is 5.92 Å². The normalized spacial score (nSPS) is 12.5. The third kappa shape index (κ3) is 10.8. The summed E-state index contributed by atoms with van der Waals surface area (Å²) in [4.78, 5) is 47.0.